The van der Waals surface area contributed by atoms with Gasteiger partial charge in [0.25, 0.3) is 0 Å². The SMILES string of the molecule is CCCCCC(=O)O[C@H]1C[C@@H](C)[C@@]23C[C@@H](C[C@H](OC(=O)/C=C/c4ccccc4)[C@]2(C)[C@H]1OC(C)=O)C(C)(C)O3. The number of carbonyl (C=O) groups excluding carboxylic acids is 3. The van der Waals surface area contributed by atoms with E-state index < -0.39 is 46.9 Å². The molecule has 3 aliphatic rings. The maximum Gasteiger partial charge on any atom is 0.331 e. The molecule has 0 aromatic heterocycles. The summed E-state index contributed by atoms with van der Waals surface area (Å²) in [7, 11) is 0. The zero-order valence-corrected chi connectivity index (χ0v) is 24.2. The molecule has 4 rings (SSSR count). The van der Waals surface area contributed by atoms with Crippen molar-refractivity contribution in [2.75, 3.05) is 0 Å². The molecular formula is C32H44O7. The van der Waals surface area contributed by atoms with Crippen LogP contribution in [-0.2, 0) is 33.3 Å². The predicted octanol–water partition coefficient (Wildman–Crippen LogP) is 6.04. The molecule has 1 aliphatic heterocycles. The number of fused-ring (bicyclic) bond motifs is 1. The number of ether oxygens (including phenoxy) is 4. The first kappa shape index (κ1) is 29.3. The molecule has 1 spiro atoms. The van der Waals surface area contributed by atoms with Crippen molar-refractivity contribution in [2.45, 2.75) is 116 Å². The summed E-state index contributed by atoms with van der Waals surface area (Å²) >= 11 is 0. The third kappa shape index (κ3) is 5.65. The van der Waals surface area contributed by atoms with Crippen molar-refractivity contribution < 1.29 is 33.3 Å². The van der Waals surface area contributed by atoms with Gasteiger partial charge < -0.3 is 18.9 Å². The van der Waals surface area contributed by atoms with E-state index in [0.717, 1.165) is 31.2 Å². The molecule has 1 saturated heterocycles. The van der Waals surface area contributed by atoms with Crippen LogP contribution in [0.15, 0.2) is 36.4 Å². The van der Waals surface area contributed by atoms with E-state index >= 15 is 0 Å². The lowest BCUT2D eigenvalue weighted by atomic mass is 9.49. The molecule has 214 valence electrons. The van der Waals surface area contributed by atoms with Crippen LogP contribution in [0.4, 0.5) is 0 Å². The van der Waals surface area contributed by atoms with Gasteiger partial charge in [-0.3, -0.25) is 9.59 Å². The quantitative estimate of drug-likeness (QED) is 0.163. The first-order chi connectivity index (χ1) is 18.4. The van der Waals surface area contributed by atoms with Gasteiger partial charge in [0.15, 0.2) is 6.10 Å². The Kier molecular flexibility index (Phi) is 8.60. The third-order valence-electron chi connectivity index (χ3n) is 9.40. The average Bonchev–Trinajstić information content (AvgIpc) is 3.12. The molecule has 7 nitrogen and oxygen atoms in total. The molecule has 0 N–H and O–H groups in total. The number of hydrogen-bond donors (Lipinski definition) is 0. The average molecular weight is 541 g/mol. The zero-order valence-electron chi connectivity index (χ0n) is 24.2. The Balaban J connectivity index is 1.68. The number of rotatable bonds is 9. The van der Waals surface area contributed by atoms with Crippen LogP contribution >= 0.6 is 0 Å². The highest BCUT2D eigenvalue weighted by atomic mass is 16.6. The van der Waals surface area contributed by atoms with Crippen molar-refractivity contribution in [1.82, 2.24) is 0 Å². The highest BCUT2D eigenvalue weighted by Crippen LogP contribution is 2.67. The third-order valence-corrected chi connectivity index (χ3v) is 9.40. The topological polar surface area (TPSA) is 88.1 Å². The molecule has 0 radical (unpaired) electrons. The van der Waals surface area contributed by atoms with E-state index in [-0.39, 0.29) is 17.8 Å². The second kappa shape index (κ2) is 11.4. The highest BCUT2D eigenvalue weighted by molar-refractivity contribution is 5.87. The molecule has 3 fully saturated rings. The molecule has 1 aromatic carbocycles. The highest BCUT2D eigenvalue weighted by Gasteiger charge is 2.75. The van der Waals surface area contributed by atoms with Gasteiger partial charge in [-0.2, -0.15) is 0 Å². The van der Waals surface area contributed by atoms with E-state index in [9.17, 15) is 14.4 Å². The number of carbonyl (C=O) groups is 3. The summed E-state index contributed by atoms with van der Waals surface area (Å²) in [6.45, 7) is 11.7. The Labute approximate surface area is 232 Å². The fourth-order valence-corrected chi connectivity index (χ4v) is 7.30. The van der Waals surface area contributed by atoms with Crippen molar-refractivity contribution in [2.24, 2.45) is 17.3 Å². The summed E-state index contributed by atoms with van der Waals surface area (Å²) in [5, 5.41) is 0. The van der Waals surface area contributed by atoms with Gasteiger partial charge in [0.2, 0.25) is 0 Å². The van der Waals surface area contributed by atoms with Gasteiger partial charge in [0, 0.05) is 19.4 Å². The maximum atomic E-state index is 13.2. The van der Waals surface area contributed by atoms with Gasteiger partial charge in [-0.1, -0.05) is 57.0 Å². The van der Waals surface area contributed by atoms with E-state index in [1.54, 1.807) is 6.08 Å². The van der Waals surface area contributed by atoms with Gasteiger partial charge in [-0.25, -0.2) is 4.79 Å². The number of benzene rings is 1. The second-order valence-corrected chi connectivity index (χ2v) is 12.3. The fraction of sp³-hybridized carbons (Fsp3) is 0.656. The van der Waals surface area contributed by atoms with E-state index in [1.807, 2.05) is 37.3 Å². The van der Waals surface area contributed by atoms with Crippen LogP contribution in [0.2, 0.25) is 0 Å². The van der Waals surface area contributed by atoms with Gasteiger partial charge in [-0.15, -0.1) is 0 Å². The van der Waals surface area contributed by atoms with E-state index in [2.05, 4.69) is 27.7 Å². The van der Waals surface area contributed by atoms with Crippen molar-refractivity contribution in [3.05, 3.63) is 42.0 Å². The molecule has 1 heterocycles. The number of esters is 3. The monoisotopic (exact) mass is 540 g/mol. The number of hydrogen-bond acceptors (Lipinski definition) is 7. The first-order valence-electron chi connectivity index (χ1n) is 14.4. The van der Waals surface area contributed by atoms with Crippen LogP contribution < -0.4 is 0 Å². The maximum absolute atomic E-state index is 13.2. The molecule has 2 saturated carbocycles. The largest absolute Gasteiger partial charge is 0.458 e. The summed E-state index contributed by atoms with van der Waals surface area (Å²) in [6, 6.07) is 9.56. The zero-order chi connectivity index (χ0) is 28.4. The summed E-state index contributed by atoms with van der Waals surface area (Å²) < 4.78 is 25.2. The predicted molar refractivity (Wildman–Crippen MR) is 147 cm³/mol. The molecule has 7 heteroatoms. The molecule has 7 atom stereocenters. The summed E-state index contributed by atoms with van der Waals surface area (Å²) in [6.07, 6.45) is 5.96. The molecule has 1 aromatic rings. The van der Waals surface area contributed by atoms with Crippen molar-refractivity contribution in [3.8, 4) is 0 Å². The van der Waals surface area contributed by atoms with E-state index in [0.29, 0.717) is 19.3 Å². The summed E-state index contributed by atoms with van der Waals surface area (Å²) in [5.74, 6) is -1.08. The fourth-order valence-electron chi connectivity index (χ4n) is 7.30. The molecule has 2 bridgehead atoms. The van der Waals surface area contributed by atoms with E-state index in [1.165, 1.54) is 13.0 Å². The van der Waals surface area contributed by atoms with Gasteiger partial charge in [0.1, 0.15) is 12.2 Å². The minimum absolute atomic E-state index is 0.0200. The normalized spacial score (nSPS) is 34.8. The Hall–Kier alpha value is -2.67. The van der Waals surface area contributed by atoms with Crippen molar-refractivity contribution >= 4 is 24.0 Å². The molecule has 0 amide bonds. The van der Waals surface area contributed by atoms with Crippen molar-refractivity contribution in [3.63, 3.8) is 0 Å². The van der Waals surface area contributed by atoms with Crippen LogP contribution in [0.5, 0.6) is 0 Å². The molecule has 39 heavy (non-hydrogen) atoms. The van der Waals surface area contributed by atoms with Crippen LogP contribution in [0, 0.1) is 17.3 Å². The van der Waals surface area contributed by atoms with Crippen molar-refractivity contribution in [1.29, 1.82) is 0 Å². The van der Waals surface area contributed by atoms with Crippen LogP contribution in [0.1, 0.15) is 92.1 Å². The Morgan fingerprint density at radius 1 is 1.03 bits per heavy atom. The minimum Gasteiger partial charge on any atom is -0.458 e. The lowest BCUT2D eigenvalue weighted by molar-refractivity contribution is -0.284. The number of unbranched alkanes of at least 4 members (excludes halogenated alkanes) is 2. The standard InChI is InChI=1S/C32H44O7/c1-7-8-10-15-27(34)37-25-18-21(2)32-20-24(30(4,5)39-32)19-26(31(32,6)29(25)36-22(3)33)38-28(35)17-16-23-13-11-9-12-14-23/h9,11-14,16-17,21,24-26,29H,7-8,10,15,18-20H2,1-6H3/b17-16+/t21-,24-,25+,26+,29+,31-,32+/m1/s1. The molecule has 2 aliphatic carbocycles. The van der Waals surface area contributed by atoms with E-state index in [4.69, 9.17) is 18.9 Å². The van der Waals surface area contributed by atoms with Crippen LogP contribution in [0.3, 0.4) is 0 Å². The van der Waals surface area contributed by atoms with Crippen LogP contribution in [0.25, 0.3) is 6.08 Å². The Morgan fingerprint density at radius 3 is 2.41 bits per heavy atom. The van der Waals surface area contributed by atoms with Gasteiger partial charge in [0.05, 0.1) is 16.6 Å². The Bertz CT molecular complexity index is 1080. The van der Waals surface area contributed by atoms with Crippen LogP contribution in [-0.4, -0.2) is 47.4 Å². The second-order valence-electron chi connectivity index (χ2n) is 12.3. The smallest absolute Gasteiger partial charge is 0.331 e. The first-order valence-corrected chi connectivity index (χ1v) is 14.4. The lowest BCUT2D eigenvalue weighted by Crippen LogP contribution is -2.71. The molecule has 0 unspecified atom stereocenters. The lowest BCUT2D eigenvalue weighted by Gasteiger charge is -2.61. The minimum atomic E-state index is -0.925. The Morgan fingerprint density at radius 2 is 1.74 bits per heavy atom. The molecular weight excluding hydrogens is 496 g/mol. The summed E-state index contributed by atoms with van der Waals surface area (Å²) in [4.78, 5) is 38.5. The van der Waals surface area contributed by atoms with Gasteiger partial charge in [-0.05, 0) is 69.9 Å². The van der Waals surface area contributed by atoms with Gasteiger partial charge >= 0.3 is 17.9 Å². The summed E-state index contributed by atoms with van der Waals surface area (Å²) in [5.41, 5.74) is -1.19.